The molecule has 0 aliphatic carbocycles. The highest BCUT2D eigenvalue weighted by atomic mass is 32.2. The lowest BCUT2D eigenvalue weighted by molar-refractivity contribution is 0.0631. The third kappa shape index (κ3) is 6.93. The van der Waals surface area contributed by atoms with Crippen molar-refractivity contribution in [2.45, 2.75) is 24.1 Å². The predicted molar refractivity (Wildman–Crippen MR) is 148 cm³/mol. The molecule has 2 aromatic heterocycles. The van der Waals surface area contributed by atoms with E-state index in [9.17, 15) is 4.79 Å². The van der Waals surface area contributed by atoms with Gasteiger partial charge in [0.2, 0.25) is 0 Å². The third-order valence-electron chi connectivity index (χ3n) is 6.99. The van der Waals surface area contributed by atoms with Gasteiger partial charge >= 0.3 is 0 Å². The maximum Gasteiger partial charge on any atom is 0.289 e. The molecule has 0 radical (unpaired) electrons. The first kappa shape index (κ1) is 26.7. The van der Waals surface area contributed by atoms with E-state index in [-0.39, 0.29) is 5.91 Å². The summed E-state index contributed by atoms with van der Waals surface area (Å²) in [7, 11) is 3.75. The van der Waals surface area contributed by atoms with Gasteiger partial charge in [-0.2, -0.15) is 0 Å². The molecule has 2 aliphatic rings. The Morgan fingerprint density at radius 1 is 0.974 bits per heavy atom. The number of anilines is 1. The van der Waals surface area contributed by atoms with Gasteiger partial charge in [0.15, 0.2) is 10.9 Å². The predicted octanol–water partition coefficient (Wildman–Crippen LogP) is 3.22. The Morgan fingerprint density at radius 3 is 2.47 bits per heavy atom. The molecule has 38 heavy (non-hydrogen) atoms. The molecule has 0 bridgehead atoms. The van der Waals surface area contributed by atoms with E-state index in [4.69, 9.17) is 19.1 Å². The van der Waals surface area contributed by atoms with Gasteiger partial charge in [0.1, 0.15) is 11.6 Å². The van der Waals surface area contributed by atoms with Crippen molar-refractivity contribution in [3.63, 3.8) is 0 Å². The Hall–Kier alpha value is -2.92. The summed E-state index contributed by atoms with van der Waals surface area (Å²) in [6, 6.07) is 16.3. The number of hydrogen-bond acceptors (Lipinski definition) is 9. The van der Waals surface area contributed by atoms with Gasteiger partial charge in [-0.3, -0.25) is 9.69 Å². The first-order chi connectivity index (χ1) is 18.6. The van der Waals surface area contributed by atoms with E-state index in [0.29, 0.717) is 23.3 Å². The van der Waals surface area contributed by atoms with Crippen LogP contribution in [0.3, 0.4) is 0 Å². The number of hydrogen-bond donors (Lipinski definition) is 0. The summed E-state index contributed by atoms with van der Waals surface area (Å²) >= 11 is 1.51. The van der Waals surface area contributed by atoms with Crippen molar-refractivity contribution >= 4 is 23.5 Å². The van der Waals surface area contributed by atoms with Crippen LogP contribution in [0.1, 0.15) is 27.6 Å². The quantitative estimate of drug-likeness (QED) is 0.303. The van der Waals surface area contributed by atoms with Crippen molar-refractivity contribution in [3.8, 4) is 0 Å². The lowest BCUT2D eigenvalue weighted by atomic mass is 10.2. The Morgan fingerprint density at radius 2 is 1.74 bits per heavy atom. The van der Waals surface area contributed by atoms with E-state index in [1.807, 2.05) is 17.0 Å². The number of benzene rings is 1. The Kier molecular flexibility index (Phi) is 8.95. The van der Waals surface area contributed by atoms with Crippen LogP contribution in [0, 0.1) is 0 Å². The molecule has 1 aromatic carbocycles. The van der Waals surface area contributed by atoms with Crippen LogP contribution in [0.15, 0.2) is 58.1 Å². The summed E-state index contributed by atoms with van der Waals surface area (Å²) in [4.78, 5) is 31.3. The van der Waals surface area contributed by atoms with Crippen molar-refractivity contribution in [1.29, 1.82) is 0 Å². The van der Waals surface area contributed by atoms with Crippen molar-refractivity contribution < 1.29 is 13.9 Å². The van der Waals surface area contributed by atoms with Crippen LogP contribution in [-0.4, -0.2) is 97.1 Å². The molecular formula is C28H36N6O3S. The molecule has 5 rings (SSSR count). The number of piperazine rings is 2. The van der Waals surface area contributed by atoms with Crippen LogP contribution in [0.25, 0.3) is 0 Å². The molecule has 2 saturated heterocycles. The van der Waals surface area contributed by atoms with Crippen LogP contribution >= 0.6 is 11.8 Å². The van der Waals surface area contributed by atoms with Crippen molar-refractivity contribution in [2.24, 2.45) is 0 Å². The number of methoxy groups -OCH3 is 1. The van der Waals surface area contributed by atoms with Crippen LogP contribution in [0.4, 0.5) is 5.82 Å². The second-order valence-electron chi connectivity index (χ2n) is 9.83. The van der Waals surface area contributed by atoms with E-state index in [1.165, 1.54) is 17.3 Å². The first-order valence-electron chi connectivity index (χ1n) is 13.1. The summed E-state index contributed by atoms with van der Waals surface area (Å²) < 4.78 is 11.3. The van der Waals surface area contributed by atoms with Crippen molar-refractivity contribution in [1.82, 2.24) is 24.7 Å². The molecule has 3 aromatic rings. The number of amides is 1. The van der Waals surface area contributed by atoms with Gasteiger partial charge in [0.25, 0.3) is 5.91 Å². The van der Waals surface area contributed by atoms with Gasteiger partial charge in [0, 0.05) is 72.1 Å². The lowest BCUT2D eigenvalue weighted by Gasteiger charge is -2.35. The van der Waals surface area contributed by atoms with Crippen molar-refractivity contribution in [3.05, 3.63) is 71.3 Å². The summed E-state index contributed by atoms with van der Waals surface area (Å²) in [5, 5.41) is 0.685. The highest BCUT2D eigenvalue weighted by Crippen LogP contribution is 2.25. The molecule has 0 spiro atoms. The number of likely N-dealkylation sites (N-methyl/N-ethyl adjacent to an activating group) is 1. The molecule has 1 amide bonds. The van der Waals surface area contributed by atoms with Crippen LogP contribution in [-0.2, 0) is 23.6 Å². The fourth-order valence-electron chi connectivity index (χ4n) is 4.76. The van der Waals surface area contributed by atoms with E-state index in [1.54, 1.807) is 13.2 Å². The third-order valence-corrected chi connectivity index (χ3v) is 7.86. The van der Waals surface area contributed by atoms with Crippen LogP contribution in [0.5, 0.6) is 0 Å². The average Bonchev–Trinajstić information content (AvgIpc) is 3.42. The van der Waals surface area contributed by atoms with E-state index < -0.39 is 0 Å². The maximum atomic E-state index is 12.8. The highest BCUT2D eigenvalue weighted by molar-refractivity contribution is 7.98. The summed E-state index contributed by atoms with van der Waals surface area (Å²) in [5.41, 5.74) is 2.20. The number of carbonyl (C=O) groups excluding carboxylic acids is 1. The average molecular weight is 537 g/mol. The molecule has 9 nitrogen and oxygen atoms in total. The topological polar surface area (TPSA) is 78.2 Å². The van der Waals surface area contributed by atoms with Crippen LogP contribution < -0.4 is 4.90 Å². The SMILES string of the molecule is COCc1cc(N2CCN(Cc3ccccc3)CC2)nc(SCc2ccc(C(=O)N3CCN(C)CC3)o2)n1. The second-order valence-corrected chi connectivity index (χ2v) is 10.8. The van der Waals surface area contributed by atoms with Crippen molar-refractivity contribution in [2.75, 3.05) is 71.4 Å². The molecule has 2 aliphatic heterocycles. The lowest BCUT2D eigenvalue weighted by Crippen LogP contribution is -2.47. The van der Waals surface area contributed by atoms with Gasteiger partial charge in [-0.25, -0.2) is 9.97 Å². The molecule has 202 valence electrons. The second kappa shape index (κ2) is 12.8. The van der Waals surface area contributed by atoms with Gasteiger partial charge in [-0.1, -0.05) is 42.1 Å². The molecule has 0 unspecified atom stereocenters. The smallest absolute Gasteiger partial charge is 0.289 e. The van der Waals surface area contributed by atoms with E-state index in [0.717, 1.165) is 76.2 Å². The summed E-state index contributed by atoms with van der Waals surface area (Å²) in [5.74, 6) is 2.58. The molecule has 0 N–H and O–H groups in total. The zero-order valence-corrected chi connectivity index (χ0v) is 23.0. The maximum absolute atomic E-state index is 12.8. The Balaban J connectivity index is 1.19. The number of rotatable bonds is 9. The van der Waals surface area contributed by atoms with E-state index in [2.05, 4.69) is 52.1 Å². The van der Waals surface area contributed by atoms with Gasteiger partial charge in [-0.05, 0) is 24.7 Å². The molecule has 0 saturated carbocycles. The summed E-state index contributed by atoms with van der Waals surface area (Å²) in [6.07, 6.45) is 0. The molecule has 4 heterocycles. The number of furan rings is 1. The van der Waals surface area contributed by atoms with Gasteiger partial charge in [-0.15, -0.1) is 0 Å². The molecule has 0 atom stereocenters. The first-order valence-corrected chi connectivity index (χ1v) is 14.1. The number of nitrogens with zero attached hydrogens (tertiary/aromatic N) is 6. The standard InChI is InChI=1S/C28H36N6O3S/c1-31-10-14-34(15-11-31)27(35)25-9-8-24(37-25)21-38-28-29-23(20-36-2)18-26(30-28)33-16-12-32(13-17-33)19-22-6-4-3-5-7-22/h3-9,18H,10-17,19-21H2,1-2H3. The van der Waals surface area contributed by atoms with Gasteiger partial charge < -0.3 is 23.9 Å². The fourth-order valence-corrected chi connectivity index (χ4v) is 5.52. The molecular weight excluding hydrogens is 500 g/mol. The largest absolute Gasteiger partial charge is 0.455 e. The van der Waals surface area contributed by atoms with Gasteiger partial charge in [0.05, 0.1) is 18.1 Å². The number of carbonyl (C=O) groups is 1. The minimum atomic E-state index is -0.0404. The zero-order chi connectivity index (χ0) is 26.3. The van der Waals surface area contributed by atoms with E-state index >= 15 is 0 Å². The summed E-state index contributed by atoms with van der Waals surface area (Å²) in [6.45, 7) is 8.41. The fraction of sp³-hybridized carbons (Fsp3) is 0.464. The minimum Gasteiger partial charge on any atom is -0.455 e. The highest BCUT2D eigenvalue weighted by Gasteiger charge is 2.23. The zero-order valence-electron chi connectivity index (χ0n) is 22.2. The monoisotopic (exact) mass is 536 g/mol. The Labute approximate surface area is 228 Å². The molecule has 2 fully saturated rings. The number of ether oxygens (including phenoxy) is 1. The normalized spacial score (nSPS) is 17.2. The number of thioether (sulfide) groups is 1. The van der Waals surface area contributed by atoms with Crippen LogP contribution in [0.2, 0.25) is 0 Å². The molecule has 10 heteroatoms. The number of aromatic nitrogens is 2. The minimum absolute atomic E-state index is 0.0404. The Bertz CT molecular complexity index is 1190.